The first-order valence-electron chi connectivity index (χ1n) is 5.54. The normalized spacial score (nSPS) is 13.9. The summed E-state index contributed by atoms with van der Waals surface area (Å²) in [6.07, 6.45) is 0. The molecule has 1 unspecified atom stereocenters. The Morgan fingerprint density at radius 2 is 2.00 bits per heavy atom. The molecule has 92 valence electrons. The van der Waals surface area contributed by atoms with Crippen LogP contribution >= 0.6 is 0 Å². The van der Waals surface area contributed by atoms with Crippen molar-refractivity contribution < 1.29 is 8.94 Å². The summed E-state index contributed by atoms with van der Waals surface area (Å²) in [6, 6.07) is 3.38. The molecule has 5 nitrogen and oxygen atoms in total. The van der Waals surface area contributed by atoms with Gasteiger partial charge in [0.25, 0.3) is 5.89 Å². The van der Waals surface area contributed by atoms with Crippen LogP contribution in [0.5, 0.6) is 0 Å². The summed E-state index contributed by atoms with van der Waals surface area (Å²) < 4.78 is 10.6. The first-order valence-corrected chi connectivity index (χ1v) is 5.54. The van der Waals surface area contributed by atoms with E-state index in [0.29, 0.717) is 17.5 Å². The van der Waals surface area contributed by atoms with Crippen LogP contribution in [0.1, 0.15) is 38.4 Å². The second-order valence-corrected chi connectivity index (χ2v) is 5.21. The molecule has 5 heteroatoms. The van der Waals surface area contributed by atoms with E-state index >= 15 is 0 Å². The maximum atomic E-state index is 6.05. The average Bonchev–Trinajstić information content (AvgIpc) is 2.83. The fourth-order valence-electron chi connectivity index (χ4n) is 1.40. The SMILES string of the molecule is Cc1ccc(-c2nc(C(N)C(C)(C)C)no2)o1. The Balaban J connectivity index is 2.28. The third-order valence-corrected chi connectivity index (χ3v) is 2.60. The van der Waals surface area contributed by atoms with Crippen LogP contribution < -0.4 is 5.73 Å². The van der Waals surface area contributed by atoms with Gasteiger partial charge in [0.15, 0.2) is 11.6 Å². The van der Waals surface area contributed by atoms with E-state index in [0.717, 1.165) is 5.76 Å². The van der Waals surface area contributed by atoms with Crippen LogP contribution in [0.3, 0.4) is 0 Å². The molecule has 0 aliphatic heterocycles. The highest BCUT2D eigenvalue weighted by Crippen LogP contribution is 2.30. The highest BCUT2D eigenvalue weighted by molar-refractivity contribution is 5.44. The molecule has 0 aliphatic carbocycles. The van der Waals surface area contributed by atoms with Gasteiger partial charge in [-0.25, -0.2) is 0 Å². The standard InChI is InChI=1S/C12H17N3O2/c1-7-5-6-8(16-7)11-14-10(15-17-11)9(13)12(2,3)4/h5-6,9H,13H2,1-4H3. The lowest BCUT2D eigenvalue weighted by Crippen LogP contribution is -2.27. The van der Waals surface area contributed by atoms with E-state index in [1.54, 1.807) is 6.07 Å². The Kier molecular flexibility index (Phi) is 2.79. The van der Waals surface area contributed by atoms with E-state index in [9.17, 15) is 0 Å². The zero-order valence-electron chi connectivity index (χ0n) is 10.5. The maximum absolute atomic E-state index is 6.05. The van der Waals surface area contributed by atoms with Crippen molar-refractivity contribution in [2.24, 2.45) is 11.1 Å². The maximum Gasteiger partial charge on any atom is 0.293 e. The Morgan fingerprint density at radius 3 is 2.53 bits per heavy atom. The lowest BCUT2D eigenvalue weighted by molar-refractivity contribution is 0.303. The fourth-order valence-corrected chi connectivity index (χ4v) is 1.40. The molecule has 2 rings (SSSR count). The van der Waals surface area contributed by atoms with Crippen molar-refractivity contribution >= 4 is 0 Å². The Labute approximate surface area is 100.0 Å². The first kappa shape index (κ1) is 11.9. The molecule has 17 heavy (non-hydrogen) atoms. The van der Waals surface area contributed by atoms with Crippen LogP contribution in [-0.2, 0) is 0 Å². The van der Waals surface area contributed by atoms with Crippen LogP contribution in [-0.4, -0.2) is 10.1 Å². The number of rotatable bonds is 2. The number of nitrogens with two attached hydrogens (primary N) is 1. The van der Waals surface area contributed by atoms with Crippen molar-refractivity contribution in [3.05, 3.63) is 23.7 Å². The molecular weight excluding hydrogens is 218 g/mol. The van der Waals surface area contributed by atoms with Crippen LogP contribution in [0.25, 0.3) is 11.7 Å². The van der Waals surface area contributed by atoms with Gasteiger partial charge in [0.2, 0.25) is 0 Å². The molecular formula is C12H17N3O2. The molecule has 0 saturated carbocycles. The minimum atomic E-state index is -0.268. The summed E-state index contributed by atoms with van der Waals surface area (Å²) in [7, 11) is 0. The van der Waals surface area contributed by atoms with Crippen LogP contribution in [0.2, 0.25) is 0 Å². The lowest BCUT2D eigenvalue weighted by Gasteiger charge is -2.23. The predicted molar refractivity (Wildman–Crippen MR) is 63.1 cm³/mol. The van der Waals surface area contributed by atoms with Gasteiger partial charge in [0.1, 0.15) is 5.76 Å². The zero-order chi connectivity index (χ0) is 12.6. The largest absolute Gasteiger partial charge is 0.456 e. The van der Waals surface area contributed by atoms with Gasteiger partial charge in [0, 0.05) is 0 Å². The van der Waals surface area contributed by atoms with Gasteiger partial charge in [-0.05, 0) is 24.5 Å². The highest BCUT2D eigenvalue weighted by atomic mass is 16.5. The number of nitrogens with zero attached hydrogens (tertiary/aromatic N) is 2. The summed E-state index contributed by atoms with van der Waals surface area (Å²) in [5.41, 5.74) is 5.94. The third-order valence-electron chi connectivity index (χ3n) is 2.60. The second kappa shape index (κ2) is 4.00. The monoisotopic (exact) mass is 235 g/mol. The van der Waals surface area contributed by atoms with E-state index in [1.807, 2.05) is 33.8 Å². The van der Waals surface area contributed by atoms with Gasteiger partial charge in [-0.3, -0.25) is 0 Å². The third kappa shape index (κ3) is 2.39. The number of hydrogen-bond donors (Lipinski definition) is 1. The lowest BCUT2D eigenvalue weighted by atomic mass is 9.87. The van der Waals surface area contributed by atoms with Gasteiger partial charge in [-0.2, -0.15) is 4.98 Å². The van der Waals surface area contributed by atoms with Crippen molar-refractivity contribution in [1.82, 2.24) is 10.1 Å². The summed E-state index contributed by atoms with van der Waals surface area (Å²) >= 11 is 0. The molecule has 0 fully saturated rings. The van der Waals surface area contributed by atoms with E-state index in [2.05, 4.69) is 10.1 Å². The van der Waals surface area contributed by atoms with Gasteiger partial charge >= 0.3 is 0 Å². The van der Waals surface area contributed by atoms with E-state index < -0.39 is 0 Å². The predicted octanol–water partition coefficient (Wildman–Crippen LogP) is 2.68. The molecule has 2 aromatic rings. The number of furan rings is 1. The minimum absolute atomic E-state index is 0.111. The van der Waals surface area contributed by atoms with Crippen molar-refractivity contribution in [2.45, 2.75) is 33.7 Å². The fraction of sp³-hybridized carbons (Fsp3) is 0.500. The van der Waals surface area contributed by atoms with E-state index in [-0.39, 0.29) is 11.5 Å². The second-order valence-electron chi connectivity index (χ2n) is 5.21. The quantitative estimate of drug-likeness (QED) is 0.865. The van der Waals surface area contributed by atoms with Crippen molar-refractivity contribution in [2.75, 3.05) is 0 Å². The highest BCUT2D eigenvalue weighted by Gasteiger charge is 2.27. The molecule has 0 radical (unpaired) electrons. The average molecular weight is 235 g/mol. The van der Waals surface area contributed by atoms with Crippen LogP contribution in [0, 0.1) is 12.3 Å². The number of aromatic nitrogens is 2. The topological polar surface area (TPSA) is 78.1 Å². The molecule has 0 aromatic carbocycles. The van der Waals surface area contributed by atoms with Gasteiger partial charge < -0.3 is 14.7 Å². The Morgan fingerprint density at radius 1 is 1.29 bits per heavy atom. The number of aryl methyl sites for hydroxylation is 1. The van der Waals surface area contributed by atoms with E-state index in [1.165, 1.54) is 0 Å². The van der Waals surface area contributed by atoms with Gasteiger partial charge in [-0.1, -0.05) is 25.9 Å². The van der Waals surface area contributed by atoms with Crippen molar-refractivity contribution in [3.63, 3.8) is 0 Å². The molecule has 2 N–H and O–H groups in total. The van der Waals surface area contributed by atoms with Crippen LogP contribution in [0.15, 0.2) is 21.1 Å². The molecule has 0 saturated heterocycles. The molecule has 2 heterocycles. The minimum Gasteiger partial charge on any atom is -0.456 e. The van der Waals surface area contributed by atoms with Crippen molar-refractivity contribution in [3.8, 4) is 11.7 Å². The van der Waals surface area contributed by atoms with Gasteiger partial charge in [-0.15, -0.1) is 0 Å². The molecule has 0 bridgehead atoms. The van der Waals surface area contributed by atoms with Crippen molar-refractivity contribution in [1.29, 1.82) is 0 Å². The van der Waals surface area contributed by atoms with E-state index in [4.69, 9.17) is 14.7 Å². The Hall–Kier alpha value is -1.62. The molecule has 2 aromatic heterocycles. The first-order chi connectivity index (χ1) is 7.88. The zero-order valence-corrected chi connectivity index (χ0v) is 10.5. The van der Waals surface area contributed by atoms with Gasteiger partial charge in [0.05, 0.1) is 6.04 Å². The summed E-state index contributed by atoms with van der Waals surface area (Å²) in [4.78, 5) is 4.26. The summed E-state index contributed by atoms with van der Waals surface area (Å²) in [5, 5.41) is 3.90. The molecule has 0 amide bonds. The molecule has 0 aliphatic rings. The summed E-state index contributed by atoms with van der Waals surface area (Å²) in [6.45, 7) is 7.96. The summed E-state index contributed by atoms with van der Waals surface area (Å²) in [5.74, 6) is 2.25. The molecule has 0 spiro atoms. The van der Waals surface area contributed by atoms with Crippen LogP contribution in [0.4, 0.5) is 0 Å². The Bertz CT molecular complexity index is 508. The smallest absolute Gasteiger partial charge is 0.293 e. The number of hydrogen-bond acceptors (Lipinski definition) is 5. The molecule has 1 atom stereocenters.